The van der Waals surface area contributed by atoms with Crippen LogP contribution < -0.4 is 11.5 Å². The third kappa shape index (κ3) is 3.64. The lowest BCUT2D eigenvalue weighted by molar-refractivity contribution is -0.384. The molecule has 1 saturated heterocycles. The van der Waals surface area contributed by atoms with Crippen molar-refractivity contribution < 1.29 is 14.1 Å². The van der Waals surface area contributed by atoms with Crippen LogP contribution in [0.4, 0.5) is 5.69 Å². The van der Waals surface area contributed by atoms with E-state index in [0.717, 1.165) is 25.9 Å². The van der Waals surface area contributed by atoms with Gasteiger partial charge in [-0.2, -0.15) is 0 Å². The number of nitrogens with zero attached hydrogens (tertiary/aromatic N) is 3. The summed E-state index contributed by atoms with van der Waals surface area (Å²) in [5, 5.41) is 10.8. The molecule has 2 aromatic rings. The van der Waals surface area contributed by atoms with Crippen LogP contribution in [0.5, 0.6) is 0 Å². The highest BCUT2D eigenvalue weighted by molar-refractivity contribution is 5.85. The molecule has 0 radical (unpaired) electrons. The number of benzene rings is 1. The number of fused-ring (bicyclic) bond motifs is 2. The third-order valence-electron chi connectivity index (χ3n) is 5.90. The summed E-state index contributed by atoms with van der Waals surface area (Å²) in [5.41, 5.74) is 6.67. The van der Waals surface area contributed by atoms with E-state index in [1.807, 2.05) is 4.90 Å². The van der Waals surface area contributed by atoms with E-state index in [2.05, 4.69) is 0 Å². The zero-order chi connectivity index (χ0) is 19.1. The molecule has 28 heavy (non-hydrogen) atoms. The van der Waals surface area contributed by atoms with Crippen LogP contribution in [0.3, 0.4) is 0 Å². The van der Waals surface area contributed by atoms with Gasteiger partial charge in [-0.3, -0.25) is 19.5 Å². The van der Waals surface area contributed by atoms with Crippen molar-refractivity contribution in [1.82, 2.24) is 9.47 Å². The molecule has 1 amide bonds. The molecule has 1 aliphatic heterocycles. The van der Waals surface area contributed by atoms with E-state index in [-0.39, 0.29) is 35.6 Å². The highest BCUT2D eigenvalue weighted by Crippen LogP contribution is 2.37. The van der Waals surface area contributed by atoms with Crippen molar-refractivity contribution in [3.63, 3.8) is 0 Å². The first-order valence-electron chi connectivity index (χ1n) is 9.25. The van der Waals surface area contributed by atoms with Gasteiger partial charge in [-0.05, 0) is 37.2 Å². The van der Waals surface area contributed by atoms with E-state index in [0.29, 0.717) is 36.7 Å². The van der Waals surface area contributed by atoms with Gasteiger partial charge in [0.25, 0.3) is 5.69 Å². The van der Waals surface area contributed by atoms with Gasteiger partial charge in [0.1, 0.15) is 0 Å². The average Bonchev–Trinajstić information content (AvgIpc) is 3.29. The fraction of sp³-hybridized carbons (Fsp3) is 0.556. The molecule has 4 rings (SSSR count). The number of hydrogen-bond acceptors (Lipinski definition) is 6. The molecule has 9 nitrogen and oxygen atoms in total. The number of aromatic nitrogens is 1. The van der Waals surface area contributed by atoms with Crippen LogP contribution in [0.25, 0.3) is 11.1 Å². The Morgan fingerprint density at radius 1 is 1.32 bits per heavy atom. The second-order valence-electron chi connectivity index (χ2n) is 7.50. The van der Waals surface area contributed by atoms with Crippen LogP contribution in [-0.4, -0.2) is 39.4 Å². The van der Waals surface area contributed by atoms with Gasteiger partial charge in [-0.1, -0.05) is 0 Å². The zero-order valence-corrected chi connectivity index (χ0v) is 16.1. The normalized spacial score (nSPS) is 23.6. The van der Waals surface area contributed by atoms with Crippen molar-refractivity contribution >= 4 is 35.1 Å². The molecule has 1 aliphatic carbocycles. The lowest BCUT2D eigenvalue weighted by Gasteiger charge is -2.18. The smallest absolute Gasteiger partial charge is 0.407 e. The van der Waals surface area contributed by atoms with Crippen LogP contribution in [0, 0.1) is 22.0 Å². The Hall–Kier alpha value is -2.39. The fourth-order valence-electron chi connectivity index (χ4n) is 4.44. The van der Waals surface area contributed by atoms with E-state index in [9.17, 15) is 19.7 Å². The summed E-state index contributed by atoms with van der Waals surface area (Å²) in [6, 6.07) is 4.28. The second kappa shape index (κ2) is 7.92. The number of carbonyl (C=O) groups excluding carboxylic acids is 1. The molecular weight excluding hydrogens is 388 g/mol. The molecule has 2 aliphatic rings. The van der Waals surface area contributed by atoms with Gasteiger partial charge < -0.3 is 15.1 Å². The molecule has 1 aromatic heterocycles. The molecule has 0 bridgehead atoms. The van der Waals surface area contributed by atoms with Crippen molar-refractivity contribution in [2.45, 2.75) is 38.3 Å². The predicted octanol–water partition coefficient (Wildman–Crippen LogP) is 1.90. The van der Waals surface area contributed by atoms with E-state index >= 15 is 0 Å². The molecule has 2 heterocycles. The predicted molar refractivity (Wildman–Crippen MR) is 104 cm³/mol. The van der Waals surface area contributed by atoms with E-state index < -0.39 is 10.7 Å². The topological polar surface area (TPSA) is 125 Å². The molecule has 2 N–H and O–H groups in total. The Bertz CT molecular complexity index is 955. The highest BCUT2D eigenvalue weighted by Gasteiger charge is 2.42. The summed E-state index contributed by atoms with van der Waals surface area (Å²) in [5.74, 6) is 0.470. The minimum absolute atomic E-state index is 0. The minimum Gasteiger partial charge on any atom is -0.407 e. The maximum absolute atomic E-state index is 12.5. The van der Waals surface area contributed by atoms with Gasteiger partial charge >= 0.3 is 5.76 Å². The molecule has 3 unspecified atom stereocenters. The summed E-state index contributed by atoms with van der Waals surface area (Å²) in [6.45, 7) is 1.86. The number of aryl methyl sites for hydroxylation is 1. The summed E-state index contributed by atoms with van der Waals surface area (Å²) >= 11 is 0. The maximum Gasteiger partial charge on any atom is 0.419 e. The lowest BCUT2D eigenvalue weighted by atomic mass is 9.98. The van der Waals surface area contributed by atoms with E-state index in [1.165, 1.54) is 22.8 Å². The third-order valence-corrected chi connectivity index (χ3v) is 5.90. The molecule has 1 aromatic carbocycles. The number of halogens is 1. The van der Waals surface area contributed by atoms with Crippen molar-refractivity contribution in [2.75, 3.05) is 13.1 Å². The highest BCUT2D eigenvalue weighted by atomic mass is 35.5. The lowest BCUT2D eigenvalue weighted by Crippen LogP contribution is -2.33. The Kier molecular flexibility index (Phi) is 5.76. The molecule has 3 atom stereocenters. The zero-order valence-electron chi connectivity index (χ0n) is 15.3. The van der Waals surface area contributed by atoms with Crippen molar-refractivity contribution in [2.24, 2.45) is 17.6 Å². The Morgan fingerprint density at radius 2 is 2.11 bits per heavy atom. The minimum atomic E-state index is -0.570. The largest absolute Gasteiger partial charge is 0.419 e. The summed E-state index contributed by atoms with van der Waals surface area (Å²) in [7, 11) is 0. The first-order valence-corrected chi connectivity index (χ1v) is 9.25. The SMILES string of the molecule is Cl.NC1CCC2CN(C(=O)CCCn3c(=O)oc4cc([N+](=O)[O-])ccc43)CC12. The monoisotopic (exact) mass is 410 g/mol. The quantitative estimate of drug-likeness (QED) is 0.592. The van der Waals surface area contributed by atoms with Crippen LogP contribution in [0.2, 0.25) is 0 Å². The summed E-state index contributed by atoms with van der Waals surface area (Å²) in [4.78, 5) is 36.7. The van der Waals surface area contributed by atoms with Crippen LogP contribution in [0.15, 0.2) is 27.4 Å². The molecule has 0 spiro atoms. The Morgan fingerprint density at radius 3 is 2.82 bits per heavy atom. The van der Waals surface area contributed by atoms with Crippen LogP contribution >= 0.6 is 12.4 Å². The van der Waals surface area contributed by atoms with Crippen molar-refractivity contribution in [1.29, 1.82) is 0 Å². The van der Waals surface area contributed by atoms with Crippen molar-refractivity contribution in [3.8, 4) is 0 Å². The van der Waals surface area contributed by atoms with Crippen molar-refractivity contribution in [3.05, 3.63) is 38.9 Å². The number of non-ortho nitro benzene ring substituents is 1. The molecule has 10 heteroatoms. The number of oxazole rings is 1. The van der Waals surface area contributed by atoms with E-state index in [4.69, 9.17) is 10.2 Å². The first kappa shape index (κ1) is 20.3. The maximum atomic E-state index is 12.5. The molecule has 152 valence electrons. The molecule has 1 saturated carbocycles. The molecule has 2 fully saturated rings. The van der Waals surface area contributed by atoms with Gasteiger partial charge in [0.05, 0.1) is 16.5 Å². The fourth-order valence-corrected chi connectivity index (χ4v) is 4.44. The number of likely N-dealkylation sites (tertiary alicyclic amines) is 1. The Balaban J connectivity index is 0.00000225. The summed E-state index contributed by atoms with van der Waals surface area (Å²) in [6.07, 6.45) is 2.99. The summed E-state index contributed by atoms with van der Waals surface area (Å²) < 4.78 is 6.52. The number of nitrogens with two attached hydrogens (primary N) is 1. The van der Waals surface area contributed by atoms with Crippen LogP contribution in [0.1, 0.15) is 25.7 Å². The molecular formula is C18H23ClN4O5. The van der Waals surface area contributed by atoms with Gasteiger partial charge in [-0.25, -0.2) is 4.79 Å². The second-order valence-corrected chi connectivity index (χ2v) is 7.50. The average molecular weight is 411 g/mol. The van der Waals surface area contributed by atoms with E-state index in [1.54, 1.807) is 0 Å². The van der Waals surface area contributed by atoms with Crippen LogP contribution in [-0.2, 0) is 11.3 Å². The number of hydrogen-bond donors (Lipinski definition) is 1. The standard InChI is InChI=1S/C18H22N4O5.ClH/c19-14-5-3-11-9-20(10-13(11)14)17(23)2-1-7-21-15-6-4-12(22(25)26)8-16(15)27-18(21)24;/h4,6,8,11,13-14H,1-3,5,7,9-10,19H2;1H. The number of rotatable bonds is 5. The number of carbonyl (C=O) groups is 1. The Labute approximate surface area is 167 Å². The van der Waals surface area contributed by atoms with Gasteiger partial charge in [0.2, 0.25) is 5.91 Å². The number of nitro benzene ring substituents is 1. The number of amides is 1. The van der Waals surface area contributed by atoms with Gasteiger partial charge in [0, 0.05) is 38.2 Å². The first-order chi connectivity index (χ1) is 12.9. The van der Waals surface area contributed by atoms with Gasteiger partial charge in [0.15, 0.2) is 5.58 Å². The number of nitro groups is 1. The van der Waals surface area contributed by atoms with Gasteiger partial charge in [-0.15, -0.1) is 12.4 Å².